The number of hydrogen-bond donors (Lipinski definition) is 4. The number of fused-ring (bicyclic) bond motifs is 2. The molecule has 0 aliphatic heterocycles. The van der Waals surface area contributed by atoms with Gasteiger partial charge in [-0.05, 0) is 51.1 Å². The van der Waals surface area contributed by atoms with Crippen molar-refractivity contribution in [3.63, 3.8) is 0 Å². The highest BCUT2D eigenvalue weighted by Crippen LogP contribution is 2.28. The molecule has 0 aliphatic rings. The van der Waals surface area contributed by atoms with Gasteiger partial charge in [0.05, 0.1) is 11.6 Å². The topological polar surface area (TPSA) is 99.0 Å². The lowest BCUT2D eigenvalue weighted by molar-refractivity contribution is 0.0520. The minimum absolute atomic E-state index is 0.162. The molecule has 2 heterocycles. The Kier molecular flexibility index (Phi) is 6.54. The summed E-state index contributed by atoms with van der Waals surface area (Å²) >= 11 is 6.95. The van der Waals surface area contributed by atoms with Crippen LogP contribution in [0.5, 0.6) is 0 Å². The van der Waals surface area contributed by atoms with Crippen molar-refractivity contribution in [3.05, 3.63) is 68.9 Å². The van der Waals surface area contributed by atoms with Gasteiger partial charge in [-0.15, -0.1) is 0 Å². The molecule has 0 saturated carbocycles. The molecule has 33 heavy (non-hydrogen) atoms. The van der Waals surface area contributed by atoms with Gasteiger partial charge in [-0.25, -0.2) is 4.79 Å². The van der Waals surface area contributed by atoms with Gasteiger partial charge in [0, 0.05) is 55.3 Å². The number of rotatable bonds is 5. The lowest BCUT2D eigenvalue weighted by Gasteiger charge is -2.22. The lowest BCUT2D eigenvalue weighted by Crippen LogP contribution is -2.40. The molecule has 9 heteroatoms. The highest BCUT2D eigenvalue weighted by Gasteiger charge is 2.23. The number of aromatic nitrogens is 2. The third-order valence-corrected chi connectivity index (χ3v) is 6.08. The Morgan fingerprint density at radius 3 is 2.42 bits per heavy atom. The number of amides is 2. The maximum atomic E-state index is 13.3. The average molecular weight is 576 g/mol. The van der Waals surface area contributed by atoms with Crippen LogP contribution >= 0.6 is 31.9 Å². The van der Waals surface area contributed by atoms with Crippen LogP contribution in [0.15, 0.2) is 57.7 Å². The van der Waals surface area contributed by atoms with E-state index >= 15 is 0 Å². The zero-order valence-electron chi connectivity index (χ0n) is 18.4. The van der Waals surface area contributed by atoms with Gasteiger partial charge >= 0.3 is 6.09 Å². The van der Waals surface area contributed by atoms with Crippen LogP contribution in [0.1, 0.15) is 42.7 Å². The van der Waals surface area contributed by atoms with Crippen molar-refractivity contribution in [2.75, 3.05) is 6.54 Å². The Balaban J connectivity index is 1.63. The maximum Gasteiger partial charge on any atom is 0.407 e. The van der Waals surface area contributed by atoms with Crippen molar-refractivity contribution in [2.24, 2.45) is 0 Å². The molecule has 0 bridgehead atoms. The predicted octanol–water partition coefficient (Wildman–Crippen LogP) is 6.17. The van der Waals surface area contributed by atoms with E-state index < -0.39 is 17.7 Å². The molecule has 0 fully saturated rings. The Labute approximate surface area is 207 Å². The van der Waals surface area contributed by atoms with E-state index in [4.69, 9.17) is 4.74 Å². The SMILES string of the molecule is CC(C)(C)OC(=O)NCC(NC(=O)c1c[nH]c2ccc(Br)cc12)c1c[nH]c2cc(Br)ccc12. The van der Waals surface area contributed by atoms with Gasteiger partial charge < -0.3 is 25.3 Å². The Morgan fingerprint density at radius 1 is 0.970 bits per heavy atom. The predicted molar refractivity (Wildman–Crippen MR) is 136 cm³/mol. The first-order chi connectivity index (χ1) is 15.6. The van der Waals surface area contributed by atoms with Crippen LogP contribution < -0.4 is 10.6 Å². The van der Waals surface area contributed by atoms with Crippen LogP contribution in [0.4, 0.5) is 4.79 Å². The van der Waals surface area contributed by atoms with Crippen molar-refractivity contribution in [1.29, 1.82) is 0 Å². The molecule has 0 saturated heterocycles. The summed E-state index contributed by atoms with van der Waals surface area (Å²) < 4.78 is 7.20. The molecule has 0 radical (unpaired) electrons. The van der Waals surface area contributed by atoms with Crippen LogP contribution in [0.2, 0.25) is 0 Å². The quantitative estimate of drug-likeness (QED) is 0.229. The van der Waals surface area contributed by atoms with E-state index in [1.165, 1.54) is 0 Å². The largest absolute Gasteiger partial charge is 0.444 e. The number of H-pyrrole nitrogens is 2. The first kappa shape index (κ1) is 23.4. The molecule has 4 rings (SSSR count). The lowest BCUT2D eigenvalue weighted by atomic mass is 10.0. The molecule has 7 nitrogen and oxygen atoms in total. The zero-order valence-corrected chi connectivity index (χ0v) is 21.6. The fourth-order valence-electron chi connectivity index (χ4n) is 3.66. The third kappa shape index (κ3) is 5.42. The van der Waals surface area contributed by atoms with Gasteiger partial charge in [0.15, 0.2) is 0 Å². The van der Waals surface area contributed by atoms with E-state index in [1.54, 1.807) is 27.0 Å². The van der Waals surface area contributed by atoms with Crippen molar-refractivity contribution in [3.8, 4) is 0 Å². The molecule has 4 aromatic rings. The summed E-state index contributed by atoms with van der Waals surface area (Å²) in [4.78, 5) is 32.0. The smallest absolute Gasteiger partial charge is 0.407 e. The number of ether oxygens (including phenoxy) is 1. The second-order valence-corrected chi connectivity index (χ2v) is 10.6. The number of alkyl carbamates (subject to hydrolysis) is 1. The summed E-state index contributed by atoms with van der Waals surface area (Å²) in [5.41, 5.74) is 2.56. The normalized spacial score (nSPS) is 12.6. The van der Waals surface area contributed by atoms with E-state index in [0.717, 1.165) is 36.3 Å². The standard InChI is InChI=1S/C24H24Br2N4O3/c1-24(2,3)33-23(32)29-12-21(17-10-28-20-9-14(26)4-6-15(17)20)30-22(31)18-11-27-19-7-5-13(25)8-16(18)19/h4-11,21,27-28H,12H2,1-3H3,(H,29,32)(H,30,31). The minimum Gasteiger partial charge on any atom is -0.444 e. The summed E-state index contributed by atoms with van der Waals surface area (Å²) in [6.07, 6.45) is 3.00. The molecule has 0 spiro atoms. The van der Waals surface area contributed by atoms with Gasteiger partial charge in [-0.3, -0.25) is 4.79 Å². The third-order valence-electron chi connectivity index (χ3n) is 5.09. The summed E-state index contributed by atoms with van der Waals surface area (Å²) in [6.45, 7) is 5.57. The van der Waals surface area contributed by atoms with Crippen molar-refractivity contribution in [1.82, 2.24) is 20.6 Å². The Bertz CT molecular complexity index is 1340. The highest BCUT2D eigenvalue weighted by atomic mass is 79.9. The van der Waals surface area contributed by atoms with Gasteiger partial charge in [0.25, 0.3) is 5.91 Å². The van der Waals surface area contributed by atoms with Crippen LogP contribution in [-0.4, -0.2) is 34.1 Å². The van der Waals surface area contributed by atoms with Crippen LogP contribution in [0, 0.1) is 0 Å². The van der Waals surface area contributed by atoms with Crippen molar-refractivity contribution >= 4 is 65.7 Å². The van der Waals surface area contributed by atoms with Gasteiger partial charge in [-0.2, -0.15) is 0 Å². The number of halogens is 2. The fourth-order valence-corrected chi connectivity index (χ4v) is 4.39. The maximum absolute atomic E-state index is 13.3. The molecule has 172 valence electrons. The van der Waals surface area contributed by atoms with E-state index in [0.29, 0.717) is 5.56 Å². The number of aromatic amines is 2. The molecule has 4 N–H and O–H groups in total. The van der Waals surface area contributed by atoms with E-state index in [2.05, 4.69) is 52.5 Å². The van der Waals surface area contributed by atoms with Crippen LogP contribution in [-0.2, 0) is 4.74 Å². The molecule has 0 aliphatic carbocycles. The number of hydrogen-bond acceptors (Lipinski definition) is 3. The van der Waals surface area contributed by atoms with Gasteiger partial charge in [0.1, 0.15) is 5.60 Å². The molecule has 2 amide bonds. The summed E-state index contributed by atoms with van der Waals surface area (Å²) in [7, 11) is 0. The van der Waals surface area contributed by atoms with Crippen molar-refractivity contribution < 1.29 is 14.3 Å². The Hall–Kier alpha value is -2.78. The summed E-state index contributed by atoms with van der Waals surface area (Å²) in [5.74, 6) is -0.248. The number of carbonyl (C=O) groups is 2. The Morgan fingerprint density at radius 2 is 1.67 bits per heavy atom. The molecule has 1 unspecified atom stereocenters. The van der Waals surface area contributed by atoms with E-state index in [1.807, 2.05) is 42.6 Å². The number of carbonyl (C=O) groups excluding carboxylic acids is 2. The fraction of sp³-hybridized carbons (Fsp3) is 0.250. The van der Waals surface area contributed by atoms with Crippen LogP contribution in [0.25, 0.3) is 21.8 Å². The van der Waals surface area contributed by atoms with Gasteiger partial charge in [-0.1, -0.05) is 37.9 Å². The monoisotopic (exact) mass is 574 g/mol. The summed E-state index contributed by atoms with van der Waals surface area (Å²) in [6, 6.07) is 11.1. The van der Waals surface area contributed by atoms with Crippen LogP contribution in [0.3, 0.4) is 0 Å². The second-order valence-electron chi connectivity index (χ2n) is 8.74. The summed E-state index contributed by atoms with van der Waals surface area (Å²) in [5, 5.41) is 7.63. The van der Waals surface area contributed by atoms with E-state index in [-0.39, 0.29) is 12.5 Å². The van der Waals surface area contributed by atoms with Gasteiger partial charge in [0.2, 0.25) is 0 Å². The molecule has 1 atom stereocenters. The molecular formula is C24H24Br2N4O3. The number of benzene rings is 2. The zero-order chi connectivity index (χ0) is 23.8. The first-order valence-corrected chi connectivity index (χ1v) is 12.0. The highest BCUT2D eigenvalue weighted by molar-refractivity contribution is 9.10. The molecule has 2 aromatic heterocycles. The minimum atomic E-state index is -0.618. The first-order valence-electron chi connectivity index (χ1n) is 10.4. The number of nitrogens with one attached hydrogen (secondary N) is 4. The molecular weight excluding hydrogens is 552 g/mol. The molecule has 2 aromatic carbocycles. The van der Waals surface area contributed by atoms with Crippen molar-refractivity contribution in [2.45, 2.75) is 32.4 Å². The average Bonchev–Trinajstić information content (AvgIpc) is 3.33. The second kappa shape index (κ2) is 9.23. The van der Waals surface area contributed by atoms with E-state index in [9.17, 15) is 9.59 Å².